The number of nitrogens with one attached hydrogen (secondary N) is 2. The average Bonchev–Trinajstić information content (AvgIpc) is 3.00. The van der Waals surface area contributed by atoms with Gasteiger partial charge in [0.1, 0.15) is 11.4 Å². The summed E-state index contributed by atoms with van der Waals surface area (Å²) in [5.41, 5.74) is 0.672. The Bertz CT molecular complexity index is 921. The Hall–Kier alpha value is -3.69. The topological polar surface area (TPSA) is 98.8 Å². The number of pyridine rings is 1. The number of halogens is 2. The van der Waals surface area contributed by atoms with Crippen molar-refractivity contribution in [1.82, 2.24) is 15.6 Å². The normalized spacial score (nSPS) is 13.4. The summed E-state index contributed by atoms with van der Waals surface area (Å²) in [6.45, 7) is 3.61. The molecule has 0 saturated carbocycles. The highest BCUT2D eigenvalue weighted by Crippen LogP contribution is 2.42. The number of carbonyl (C=O) groups is 2. The summed E-state index contributed by atoms with van der Waals surface area (Å²) in [6.07, 6.45) is -1.90. The number of carbonyl (C=O) groups excluding carboxylic acids is 2. The van der Waals surface area contributed by atoms with Crippen molar-refractivity contribution in [2.24, 2.45) is 0 Å². The minimum absolute atomic E-state index is 0.113. The van der Waals surface area contributed by atoms with Gasteiger partial charge in [0, 0.05) is 30.9 Å². The molecule has 1 aromatic carbocycles. The first-order valence-electron chi connectivity index (χ1n) is 8.52. The maximum atomic E-state index is 13.0. The van der Waals surface area contributed by atoms with Crippen LogP contribution in [0.25, 0.3) is 0 Å². The highest BCUT2D eigenvalue weighted by molar-refractivity contribution is 5.93. The van der Waals surface area contributed by atoms with Crippen LogP contribution in [-0.2, 0) is 4.79 Å². The molecule has 0 bridgehead atoms. The van der Waals surface area contributed by atoms with Gasteiger partial charge in [-0.25, -0.2) is 0 Å². The quantitative estimate of drug-likeness (QED) is 0.699. The van der Waals surface area contributed by atoms with E-state index in [4.69, 9.17) is 4.74 Å². The third kappa shape index (κ3) is 5.64. The molecule has 3 rings (SSSR count). The van der Waals surface area contributed by atoms with Crippen molar-refractivity contribution in [3.8, 4) is 17.2 Å². The second-order valence-corrected chi connectivity index (χ2v) is 5.94. The maximum absolute atomic E-state index is 13.0. The van der Waals surface area contributed by atoms with Crippen LogP contribution >= 0.6 is 0 Å². The maximum Gasteiger partial charge on any atom is 0.586 e. The monoisotopic (exact) mass is 405 g/mol. The van der Waals surface area contributed by atoms with Gasteiger partial charge in [0.25, 0.3) is 11.8 Å². The van der Waals surface area contributed by atoms with E-state index in [1.807, 2.05) is 0 Å². The molecule has 0 unspecified atom stereocenters. The largest absolute Gasteiger partial charge is 0.586 e. The number of alkyl halides is 2. The molecule has 0 spiro atoms. The molecule has 10 heteroatoms. The number of amides is 2. The van der Waals surface area contributed by atoms with Crippen LogP contribution in [-0.4, -0.2) is 36.2 Å². The molecular weight excluding hydrogens is 388 g/mol. The third-order valence-corrected chi connectivity index (χ3v) is 3.68. The van der Waals surface area contributed by atoms with Crippen molar-refractivity contribution in [2.45, 2.75) is 12.7 Å². The van der Waals surface area contributed by atoms with Gasteiger partial charge in [-0.3, -0.25) is 14.6 Å². The number of hydrogen-bond acceptors (Lipinski definition) is 6. The summed E-state index contributed by atoms with van der Waals surface area (Å²) in [5, 5.41) is 5.19. The Labute approximate surface area is 164 Å². The van der Waals surface area contributed by atoms with Crippen LogP contribution in [0.2, 0.25) is 0 Å². The molecule has 0 saturated heterocycles. The van der Waals surface area contributed by atoms with E-state index in [1.165, 1.54) is 24.4 Å². The van der Waals surface area contributed by atoms with Gasteiger partial charge in [-0.2, -0.15) is 0 Å². The fourth-order valence-corrected chi connectivity index (χ4v) is 2.36. The molecule has 8 nitrogen and oxygen atoms in total. The molecule has 2 aromatic rings. The van der Waals surface area contributed by atoms with Crippen LogP contribution < -0.4 is 24.8 Å². The van der Waals surface area contributed by atoms with E-state index in [1.54, 1.807) is 18.2 Å². The van der Waals surface area contributed by atoms with Crippen molar-refractivity contribution >= 4 is 11.8 Å². The molecule has 152 valence electrons. The SMILES string of the molecule is C=C(CCNC(=O)COc1ccc2c(c1)OC(F)(F)O2)NC(=O)c1ccccn1. The number of benzene rings is 1. The molecule has 0 atom stereocenters. The van der Waals surface area contributed by atoms with Crippen LogP contribution in [0, 0.1) is 0 Å². The lowest BCUT2D eigenvalue weighted by atomic mass is 10.3. The number of aromatic nitrogens is 1. The predicted octanol–water partition coefficient (Wildman–Crippen LogP) is 2.23. The molecule has 0 radical (unpaired) electrons. The molecule has 29 heavy (non-hydrogen) atoms. The summed E-state index contributed by atoms with van der Waals surface area (Å²) in [4.78, 5) is 27.7. The zero-order chi connectivity index (χ0) is 20.9. The lowest BCUT2D eigenvalue weighted by Gasteiger charge is -2.10. The number of nitrogens with zero attached hydrogens (tertiary/aromatic N) is 1. The molecule has 0 aliphatic carbocycles. The van der Waals surface area contributed by atoms with E-state index in [-0.39, 0.29) is 36.1 Å². The number of hydrogen-bond donors (Lipinski definition) is 2. The van der Waals surface area contributed by atoms with Crippen molar-refractivity contribution < 1.29 is 32.6 Å². The van der Waals surface area contributed by atoms with Gasteiger partial charge >= 0.3 is 6.29 Å². The fourth-order valence-electron chi connectivity index (χ4n) is 2.36. The van der Waals surface area contributed by atoms with E-state index in [9.17, 15) is 18.4 Å². The second kappa shape index (κ2) is 8.55. The Balaban J connectivity index is 1.36. The van der Waals surface area contributed by atoms with E-state index in [0.717, 1.165) is 0 Å². The van der Waals surface area contributed by atoms with Crippen molar-refractivity contribution in [3.05, 3.63) is 60.6 Å². The average molecular weight is 405 g/mol. The zero-order valence-electron chi connectivity index (χ0n) is 15.1. The zero-order valence-corrected chi connectivity index (χ0v) is 15.1. The Morgan fingerprint density at radius 1 is 1.17 bits per heavy atom. The Kier molecular flexibility index (Phi) is 5.91. The smallest absolute Gasteiger partial charge is 0.484 e. The van der Waals surface area contributed by atoms with Crippen LogP contribution in [0.1, 0.15) is 16.9 Å². The molecule has 1 aromatic heterocycles. The van der Waals surface area contributed by atoms with Crippen molar-refractivity contribution in [3.63, 3.8) is 0 Å². The molecular formula is C19H17F2N3O5. The first-order chi connectivity index (χ1) is 13.8. The first kappa shape index (κ1) is 20.1. The van der Waals surface area contributed by atoms with Gasteiger partial charge in [0.15, 0.2) is 18.1 Å². The molecule has 2 amide bonds. The highest BCUT2D eigenvalue weighted by atomic mass is 19.3. The minimum atomic E-state index is -3.72. The van der Waals surface area contributed by atoms with Crippen molar-refractivity contribution in [1.29, 1.82) is 0 Å². The predicted molar refractivity (Wildman–Crippen MR) is 96.6 cm³/mol. The van der Waals surface area contributed by atoms with Gasteiger partial charge in [0.05, 0.1) is 0 Å². The van der Waals surface area contributed by atoms with Crippen molar-refractivity contribution in [2.75, 3.05) is 13.2 Å². The highest BCUT2D eigenvalue weighted by Gasteiger charge is 2.43. The van der Waals surface area contributed by atoms with Crippen LogP contribution in [0.5, 0.6) is 17.2 Å². The minimum Gasteiger partial charge on any atom is -0.484 e. The number of ether oxygens (including phenoxy) is 3. The van der Waals surface area contributed by atoms with E-state index < -0.39 is 18.1 Å². The fraction of sp³-hybridized carbons (Fsp3) is 0.211. The van der Waals surface area contributed by atoms with Gasteiger partial charge < -0.3 is 24.8 Å². The van der Waals surface area contributed by atoms with E-state index in [2.05, 4.69) is 31.7 Å². The molecule has 2 N–H and O–H groups in total. The summed E-state index contributed by atoms with van der Waals surface area (Å²) < 4.78 is 39.8. The number of rotatable bonds is 8. The van der Waals surface area contributed by atoms with Crippen LogP contribution in [0.4, 0.5) is 8.78 Å². The third-order valence-electron chi connectivity index (χ3n) is 3.68. The molecule has 2 heterocycles. The Morgan fingerprint density at radius 2 is 1.97 bits per heavy atom. The van der Waals surface area contributed by atoms with Gasteiger partial charge in [0.2, 0.25) is 0 Å². The Morgan fingerprint density at radius 3 is 2.72 bits per heavy atom. The van der Waals surface area contributed by atoms with E-state index in [0.29, 0.717) is 12.1 Å². The molecule has 1 aliphatic heterocycles. The van der Waals surface area contributed by atoms with Gasteiger partial charge in [-0.15, -0.1) is 8.78 Å². The lowest BCUT2D eigenvalue weighted by molar-refractivity contribution is -0.286. The van der Waals surface area contributed by atoms with Crippen LogP contribution in [0.15, 0.2) is 54.9 Å². The van der Waals surface area contributed by atoms with E-state index >= 15 is 0 Å². The van der Waals surface area contributed by atoms with Gasteiger partial charge in [-0.05, 0) is 24.3 Å². The van der Waals surface area contributed by atoms with Crippen LogP contribution in [0.3, 0.4) is 0 Å². The standard InChI is InChI=1S/C19H17F2N3O5/c1-12(24-18(26)14-4-2-3-8-22-14)7-9-23-17(25)11-27-13-5-6-15-16(10-13)29-19(20,21)28-15/h2-6,8,10H,1,7,9,11H2,(H,23,25)(H,24,26). The second-order valence-electron chi connectivity index (χ2n) is 5.94. The van der Waals surface area contributed by atoms with Gasteiger partial charge in [-0.1, -0.05) is 12.6 Å². The number of fused-ring (bicyclic) bond motifs is 1. The lowest BCUT2D eigenvalue weighted by Crippen LogP contribution is -2.31. The summed E-state index contributed by atoms with van der Waals surface area (Å²) in [7, 11) is 0. The summed E-state index contributed by atoms with van der Waals surface area (Å²) in [5.74, 6) is -0.936. The molecule has 1 aliphatic rings. The first-order valence-corrected chi connectivity index (χ1v) is 8.52. The summed E-state index contributed by atoms with van der Waals surface area (Å²) in [6, 6.07) is 8.81. The molecule has 0 fully saturated rings. The summed E-state index contributed by atoms with van der Waals surface area (Å²) >= 11 is 0.